The topological polar surface area (TPSA) is 53.1 Å². The van der Waals surface area contributed by atoms with Crippen molar-refractivity contribution in [3.05, 3.63) is 0 Å². The van der Waals surface area contributed by atoms with Gasteiger partial charge >= 0.3 is 0 Å². The number of nitrogens with zero attached hydrogens (tertiary/aromatic N) is 3. The molecule has 0 bridgehead atoms. The number of amides is 2. The third-order valence-electron chi connectivity index (χ3n) is 4.44. The zero-order valence-electron chi connectivity index (χ0n) is 13.2. The number of carbonyl (C=O) groups excluding carboxylic acids is 2. The van der Waals surface area contributed by atoms with Crippen molar-refractivity contribution in [2.45, 2.75) is 20.3 Å². The van der Waals surface area contributed by atoms with E-state index in [1.807, 2.05) is 23.6 Å². The van der Waals surface area contributed by atoms with E-state index in [-0.39, 0.29) is 17.7 Å². The number of morpholine rings is 1. The second-order valence-corrected chi connectivity index (χ2v) is 5.90. The van der Waals surface area contributed by atoms with E-state index in [1.54, 1.807) is 0 Å². The maximum Gasteiger partial charge on any atom is 0.236 e. The lowest BCUT2D eigenvalue weighted by Crippen LogP contribution is -2.54. The summed E-state index contributed by atoms with van der Waals surface area (Å²) in [5, 5.41) is 0. The summed E-state index contributed by atoms with van der Waals surface area (Å²) in [6, 6.07) is 0. The molecule has 0 aromatic carbocycles. The smallest absolute Gasteiger partial charge is 0.236 e. The van der Waals surface area contributed by atoms with Gasteiger partial charge in [-0.2, -0.15) is 0 Å². The van der Waals surface area contributed by atoms with E-state index in [4.69, 9.17) is 4.74 Å². The van der Waals surface area contributed by atoms with Gasteiger partial charge in [-0.25, -0.2) is 0 Å². The summed E-state index contributed by atoms with van der Waals surface area (Å²) in [7, 11) is 0. The predicted molar refractivity (Wildman–Crippen MR) is 79.9 cm³/mol. The Labute approximate surface area is 127 Å². The molecule has 0 aliphatic carbocycles. The van der Waals surface area contributed by atoms with Crippen LogP contribution in [0.1, 0.15) is 20.3 Å². The van der Waals surface area contributed by atoms with E-state index in [1.165, 1.54) is 0 Å². The van der Waals surface area contributed by atoms with Gasteiger partial charge in [0.1, 0.15) is 0 Å². The van der Waals surface area contributed by atoms with Crippen LogP contribution in [0.2, 0.25) is 0 Å². The molecule has 2 heterocycles. The van der Waals surface area contributed by atoms with Gasteiger partial charge in [-0.15, -0.1) is 0 Å². The summed E-state index contributed by atoms with van der Waals surface area (Å²) in [5.74, 6) is 0.478. The average molecular weight is 297 g/mol. The van der Waals surface area contributed by atoms with Gasteiger partial charge in [0.25, 0.3) is 0 Å². The summed E-state index contributed by atoms with van der Waals surface area (Å²) in [6.45, 7) is 10.2. The van der Waals surface area contributed by atoms with Crippen LogP contribution in [0.25, 0.3) is 0 Å². The van der Waals surface area contributed by atoms with Gasteiger partial charge in [-0.05, 0) is 6.42 Å². The van der Waals surface area contributed by atoms with Crippen LogP contribution in [0.4, 0.5) is 0 Å². The number of piperazine rings is 1. The zero-order valence-corrected chi connectivity index (χ0v) is 13.2. The molecular formula is C15H27N3O3. The molecule has 2 fully saturated rings. The fourth-order valence-electron chi connectivity index (χ4n) is 2.71. The Kier molecular flexibility index (Phi) is 5.99. The van der Waals surface area contributed by atoms with Crippen LogP contribution in [0.5, 0.6) is 0 Å². The van der Waals surface area contributed by atoms with Crippen molar-refractivity contribution in [2.75, 3.05) is 59.0 Å². The monoisotopic (exact) mass is 297 g/mol. The fourth-order valence-corrected chi connectivity index (χ4v) is 2.71. The predicted octanol–water partition coefficient (Wildman–Crippen LogP) is 0.0355. The lowest BCUT2D eigenvalue weighted by Gasteiger charge is -2.37. The first kappa shape index (κ1) is 16.2. The maximum atomic E-state index is 12.3. The van der Waals surface area contributed by atoms with Gasteiger partial charge in [-0.1, -0.05) is 13.8 Å². The quantitative estimate of drug-likeness (QED) is 0.735. The van der Waals surface area contributed by atoms with Crippen molar-refractivity contribution in [3.63, 3.8) is 0 Å². The minimum absolute atomic E-state index is 0.0839. The van der Waals surface area contributed by atoms with Gasteiger partial charge in [0, 0.05) is 45.2 Å². The summed E-state index contributed by atoms with van der Waals surface area (Å²) in [6.07, 6.45) is 0.870. The highest BCUT2D eigenvalue weighted by Crippen LogP contribution is 2.10. The Balaban J connectivity index is 1.75. The molecule has 0 spiro atoms. The number of hydrogen-bond donors (Lipinski definition) is 0. The molecule has 0 saturated carbocycles. The first-order chi connectivity index (χ1) is 10.1. The average Bonchev–Trinajstić information content (AvgIpc) is 2.54. The normalized spacial score (nSPS) is 22.2. The maximum absolute atomic E-state index is 12.3. The second-order valence-electron chi connectivity index (χ2n) is 5.90. The van der Waals surface area contributed by atoms with E-state index < -0.39 is 0 Å². The van der Waals surface area contributed by atoms with Crippen molar-refractivity contribution >= 4 is 11.8 Å². The van der Waals surface area contributed by atoms with E-state index in [9.17, 15) is 9.59 Å². The Morgan fingerprint density at radius 1 is 1.00 bits per heavy atom. The first-order valence-corrected chi connectivity index (χ1v) is 7.98. The molecule has 120 valence electrons. The minimum Gasteiger partial charge on any atom is -0.379 e. The van der Waals surface area contributed by atoms with Gasteiger partial charge in [0.05, 0.1) is 19.8 Å². The van der Waals surface area contributed by atoms with E-state index in [0.717, 1.165) is 19.5 Å². The number of carbonyl (C=O) groups is 2. The second kappa shape index (κ2) is 7.75. The lowest BCUT2D eigenvalue weighted by atomic mass is 10.1. The molecule has 0 aromatic rings. The van der Waals surface area contributed by atoms with Gasteiger partial charge < -0.3 is 14.5 Å². The number of hydrogen-bond acceptors (Lipinski definition) is 4. The molecule has 2 amide bonds. The van der Waals surface area contributed by atoms with Gasteiger partial charge in [-0.3, -0.25) is 14.5 Å². The molecule has 2 rings (SSSR count). The molecule has 0 radical (unpaired) electrons. The standard InChI is InChI=1S/C15H27N3O3/c1-3-13(2)15(20)18-6-4-17(5-7-18)14(19)12-16-8-10-21-11-9-16/h13H,3-12H2,1-2H3. The SMILES string of the molecule is CCC(C)C(=O)N1CCN(C(=O)CN2CCOCC2)CC1. The van der Waals surface area contributed by atoms with E-state index in [2.05, 4.69) is 4.90 Å². The molecule has 1 unspecified atom stereocenters. The van der Waals surface area contributed by atoms with Crippen LogP contribution >= 0.6 is 0 Å². The van der Waals surface area contributed by atoms with Crippen LogP contribution < -0.4 is 0 Å². The number of ether oxygens (including phenoxy) is 1. The van der Waals surface area contributed by atoms with Crippen molar-refractivity contribution in [3.8, 4) is 0 Å². The highest BCUT2D eigenvalue weighted by atomic mass is 16.5. The lowest BCUT2D eigenvalue weighted by molar-refractivity contribution is -0.142. The van der Waals surface area contributed by atoms with Crippen LogP contribution in [-0.2, 0) is 14.3 Å². The van der Waals surface area contributed by atoms with Crippen molar-refractivity contribution < 1.29 is 14.3 Å². The molecule has 2 aliphatic rings. The first-order valence-electron chi connectivity index (χ1n) is 7.98. The van der Waals surface area contributed by atoms with Gasteiger partial charge in [0.2, 0.25) is 11.8 Å². The van der Waals surface area contributed by atoms with Crippen LogP contribution in [0, 0.1) is 5.92 Å². The molecule has 21 heavy (non-hydrogen) atoms. The molecular weight excluding hydrogens is 270 g/mol. The summed E-state index contributed by atoms with van der Waals surface area (Å²) >= 11 is 0. The van der Waals surface area contributed by atoms with Gasteiger partial charge in [0.15, 0.2) is 0 Å². The van der Waals surface area contributed by atoms with Crippen molar-refractivity contribution in [2.24, 2.45) is 5.92 Å². The Bertz CT molecular complexity index is 361. The summed E-state index contributed by atoms with van der Waals surface area (Å²) in [5.41, 5.74) is 0. The fraction of sp³-hybridized carbons (Fsp3) is 0.867. The van der Waals surface area contributed by atoms with E-state index >= 15 is 0 Å². The van der Waals surface area contributed by atoms with Crippen LogP contribution in [0.15, 0.2) is 0 Å². The summed E-state index contributed by atoms with van der Waals surface area (Å²) in [4.78, 5) is 30.3. The van der Waals surface area contributed by atoms with Crippen LogP contribution in [0.3, 0.4) is 0 Å². The molecule has 1 atom stereocenters. The minimum atomic E-state index is 0.0839. The zero-order chi connectivity index (χ0) is 15.2. The largest absolute Gasteiger partial charge is 0.379 e. The Morgan fingerprint density at radius 2 is 1.57 bits per heavy atom. The molecule has 0 N–H and O–H groups in total. The van der Waals surface area contributed by atoms with Crippen molar-refractivity contribution in [1.82, 2.24) is 14.7 Å². The molecule has 6 heteroatoms. The third-order valence-corrected chi connectivity index (χ3v) is 4.44. The van der Waals surface area contributed by atoms with Crippen molar-refractivity contribution in [1.29, 1.82) is 0 Å². The third kappa shape index (κ3) is 4.41. The molecule has 2 aliphatic heterocycles. The molecule has 2 saturated heterocycles. The highest BCUT2D eigenvalue weighted by Gasteiger charge is 2.27. The summed E-state index contributed by atoms with van der Waals surface area (Å²) < 4.78 is 5.29. The van der Waals surface area contributed by atoms with Crippen LogP contribution in [-0.4, -0.2) is 85.5 Å². The Hall–Kier alpha value is -1.14. The Morgan fingerprint density at radius 3 is 2.14 bits per heavy atom. The van der Waals surface area contributed by atoms with E-state index in [0.29, 0.717) is 45.9 Å². The molecule has 6 nitrogen and oxygen atoms in total. The number of rotatable bonds is 4. The molecule has 0 aromatic heterocycles. The highest BCUT2D eigenvalue weighted by molar-refractivity contribution is 5.80.